The lowest BCUT2D eigenvalue weighted by Gasteiger charge is -2.45. The van der Waals surface area contributed by atoms with Crippen LogP contribution in [0.15, 0.2) is 66.9 Å². The second-order valence-corrected chi connectivity index (χ2v) is 11.0. The van der Waals surface area contributed by atoms with E-state index < -0.39 is 0 Å². The molecular weight excluding hydrogens is 486 g/mol. The molecule has 1 atom stereocenters. The number of fused-ring (bicyclic) bond motifs is 1. The number of nitrogen functional groups attached to an aromatic ring is 1. The van der Waals surface area contributed by atoms with E-state index in [0.29, 0.717) is 41.4 Å². The van der Waals surface area contributed by atoms with E-state index in [1.807, 2.05) is 41.3 Å². The van der Waals surface area contributed by atoms with Crippen LogP contribution in [0, 0.1) is 5.41 Å². The maximum absolute atomic E-state index is 12.7. The molecule has 3 aromatic rings. The summed E-state index contributed by atoms with van der Waals surface area (Å²) in [7, 11) is 0. The van der Waals surface area contributed by atoms with E-state index in [1.54, 1.807) is 24.4 Å². The molecule has 1 aromatic heterocycles. The quantitative estimate of drug-likeness (QED) is 0.418. The maximum atomic E-state index is 12.7. The molecule has 3 heterocycles. The standard InChI is InChI=1S/C30H30ClN3O3/c1-30(2)17-34(18-30)29(36)21-7-5-20(6-8-21)22-13-23-14-25(37-28(23)26(31)15-22)11-10-24(35)9-3-19-4-12-27(32)33-16-19/h4-8,10-13,15-16,25H,3,9,14,17-18H2,1-2H3,(H2,32,33)/b11-10+. The van der Waals surface area contributed by atoms with Crippen molar-refractivity contribution in [2.24, 2.45) is 5.41 Å². The van der Waals surface area contributed by atoms with Crippen LogP contribution < -0.4 is 10.5 Å². The minimum atomic E-state index is -0.245. The maximum Gasteiger partial charge on any atom is 0.253 e. The second-order valence-electron chi connectivity index (χ2n) is 10.6. The topological polar surface area (TPSA) is 85.5 Å². The van der Waals surface area contributed by atoms with Gasteiger partial charge in [0.1, 0.15) is 17.7 Å². The van der Waals surface area contributed by atoms with Gasteiger partial charge in [0.2, 0.25) is 0 Å². The van der Waals surface area contributed by atoms with Crippen LogP contribution in [0.3, 0.4) is 0 Å². The van der Waals surface area contributed by atoms with Crippen molar-refractivity contribution in [3.05, 3.63) is 88.6 Å². The summed E-state index contributed by atoms with van der Waals surface area (Å²) in [5.41, 5.74) is 10.4. The molecule has 5 rings (SSSR count). The molecule has 2 aromatic carbocycles. The normalized spacial score (nSPS) is 17.8. The fraction of sp³-hybridized carbons (Fsp3) is 0.300. The molecule has 1 amide bonds. The van der Waals surface area contributed by atoms with Crippen molar-refractivity contribution in [3.8, 4) is 16.9 Å². The van der Waals surface area contributed by atoms with Crippen LogP contribution in [0.25, 0.3) is 11.1 Å². The Kier molecular flexibility index (Phi) is 6.78. The van der Waals surface area contributed by atoms with Gasteiger partial charge >= 0.3 is 0 Å². The number of carbonyl (C=O) groups excluding carboxylic acids is 2. The Bertz CT molecular complexity index is 1360. The molecule has 1 unspecified atom stereocenters. The zero-order valence-corrected chi connectivity index (χ0v) is 21.8. The summed E-state index contributed by atoms with van der Waals surface area (Å²) in [6.07, 6.45) is 6.47. The zero-order chi connectivity index (χ0) is 26.2. The number of likely N-dealkylation sites (tertiary alicyclic amines) is 1. The van der Waals surface area contributed by atoms with Gasteiger partial charge in [-0.1, -0.05) is 43.6 Å². The Labute approximate surface area is 222 Å². The average Bonchev–Trinajstić information content (AvgIpc) is 3.29. The number of benzene rings is 2. The number of nitrogens with two attached hydrogens (primary N) is 1. The summed E-state index contributed by atoms with van der Waals surface area (Å²) in [4.78, 5) is 31.0. The molecule has 1 saturated heterocycles. The molecule has 7 heteroatoms. The fourth-order valence-electron chi connectivity index (χ4n) is 4.89. The number of halogens is 1. The number of rotatable bonds is 7. The van der Waals surface area contributed by atoms with E-state index in [-0.39, 0.29) is 23.2 Å². The molecule has 190 valence electrons. The summed E-state index contributed by atoms with van der Waals surface area (Å²) >= 11 is 6.57. The predicted molar refractivity (Wildman–Crippen MR) is 146 cm³/mol. The van der Waals surface area contributed by atoms with E-state index in [4.69, 9.17) is 22.1 Å². The van der Waals surface area contributed by atoms with Crippen LogP contribution in [-0.2, 0) is 17.6 Å². The highest BCUT2D eigenvalue weighted by Crippen LogP contribution is 2.40. The first kappa shape index (κ1) is 25.0. The number of allylic oxidation sites excluding steroid dienone is 1. The number of carbonyl (C=O) groups is 2. The molecule has 0 radical (unpaired) electrons. The van der Waals surface area contributed by atoms with Crippen LogP contribution in [0.1, 0.15) is 41.8 Å². The lowest BCUT2D eigenvalue weighted by molar-refractivity contribution is -0.114. The highest BCUT2D eigenvalue weighted by molar-refractivity contribution is 6.32. The summed E-state index contributed by atoms with van der Waals surface area (Å²) in [5.74, 6) is 1.22. The summed E-state index contributed by atoms with van der Waals surface area (Å²) in [6, 6.07) is 15.2. The molecule has 2 aliphatic heterocycles. The van der Waals surface area contributed by atoms with Gasteiger partial charge in [-0.25, -0.2) is 4.98 Å². The van der Waals surface area contributed by atoms with Crippen LogP contribution in [0.2, 0.25) is 5.02 Å². The van der Waals surface area contributed by atoms with Gasteiger partial charge in [0.15, 0.2) is 5.78 Å². The molecule has 2 N–H and O–H groups in total. The number of aromatic nitrogens is 1. The monoisotopic (exact) mass is 515 g/mol. The van der Waals surface area contributed by atoms with Crippen molar-refractivity contribution < 1.29 is 14.3 Å². The highest BCUT2D eigenvalue weighted by atomic mass is 35.5. The Hall–Kier alpha value is -3.64. The van der Waals surface area contributed by atoms with Gasteiger partial charge in [0.05, 0.1) is 5.02 Å². The number of amides is 1. The molecule has 37 heavy (non-hydrogen) atoms. The average molecular weight is 516 g/mol. The van der Waals surface area contributed by atoms with Crippen molar-refractivity contribution in [1.82, 2.24) is 9.88 Å². The van der Waals surface area contributed by atoms with E-state index in [2.05, 4.69) is 24.9 Å². The Morgan fingerprint density at radius 2 is 1.89 bits per heavy atom. The third kappa shape index (κ3) is 5.70. The van der Waals surface area contributed by atoms with Crippen LogP contribution in [0.4, 0.5) is 5.82 Å². The van der Waals surface area contributed by atoms with Gasteiger partial charge < -0.3 is 15.4 Å². The number of hydrogen-bond donors (Lipinski definition) is 1. The second kappa shape index (κ2) is 10.0. The number of aryl methyl sites for hydroxylation is 1. The fourth-order valence-corrected chi connectivity index (χ4v) is 5.17. The SMILES string of the molecule is CC1(C)CN(C(=O)c2ccc(-c3cc(Cl)c4c(c3)CC(/C=C/C(=O)CCc3ccc(N)nc3)O4)cc2)C1. The lowest BCUT2D eigenvalue weighted by atomic mass is 9.84. The van der Waals surface area contributed by atoms with Gasteiger partial charge in [-0.2, -0.15) is 0 Å². The third-order valence-electron chi connectivity index (χ3n) is 6.81. The first-order chi connectivity index (χ1) is 17.7. The minimum Gasteiger partial charge on any atom is -0.484 e. The molecular formula is C30H30ClN3O3. The number of nitrogens with zero attached hydrogens (tertiary/aromatic N) is 2. The molecule has 0 saturated carbocycles. The Morgan fingerprint density at radius 1 is 1.14 bits per heavy atom. The highest BCUT2D eigenvalue weighted by Gasteiger charge is 2.37. The van der Waals surface area contributed by atoms with Crippen LogP contribution >= 0.6 is 11.6 Å². The lowest BCUT2D eigenvalue weighted by Crippen LogP contribution is -2.55. The number of pyridine rings is 1. The summed E-state index contributed by atoms with van der Waals surface area (Å²) < 4.78 is 6.02. The minimum absolute atomic E-state index is 0.0274. The number of ether oxygens (including phenoxy) is 1. The molecule has 0 bridgehead atoms. The Balaban J connectivity index is 1.20. The van der Waals surface area contributed by atoms with Crippen molar-refractivity contribution >= 4 is 29.1 Å². The van der Waals surface area contributed by atoms with Gasteiger partial charge in [-0.15, -0.1) is 0 Å². The van der Waals surface area contributed by atoms with Crippen LogP contribution in [0.5, 0.6) is 5.75 Å². The van der Waals surface area contributed by atoms with Crippen molar-refractivity contribution in [3.63, 3.8) is 0 Å². The van der Waals surface area contributed by atoms with Gasteiger partial charge in [-0.3, -0.25) is 9.59 Å². The molecule has 6 nitrogen and oxygen atoms in total. The van der Waals surface area contributed by atoms with Crippen LogP contribution in [-0.4, -0.2) is 40.8 Å². The Morgan fingerprint density at radius 3 is 2.57 bits per heavy atom. The molecule has 0 spiro atoms. The summed E-state index contributed by atoms with van der Waals surface area (Å²) in [6.45, 7) is 5.91. The van der Waals surface area contributed by atoms with Gasteiger partial charge in [-0.05, 0) is 71.0 Å². The largest absolute Gasteiger partial charge is 0.484 e. The van der Waals surface area contributed by atoms with Crippen molar-refractivity contribution in [2.75, 3.05) is 18.8 Å². The van der Waals surface area contributed by atoms with Crippen molar-refractivity contribution in [2.45, 2.75) is 39.2 Å². The summed E-state index contributed by atoms with van der Waals surface area (Å²) in [5, 5.41) is 0.536. The smallest absolute Gasteiger partial charge is 0.253 e. The zero-order valence-electron chi connectivity index (χ0n) is 21.0. The van der Waals surface area contributed by atoms with Crippen molar-refractivity contribution in [1.29, 1.82) is 0 Å². The molecule has 0 aliphatic carbocycles. The molecule has 2 aliphatic rings. The predicted octanol–water partition coefficient (Wildman–Crippen LogP) is 5.53. The van der Waals surface area contributed by atoms with E-state index in [9.17, 15) is 9.59 Å². The number of anilines is 1. The molecule has 1 fully saturated rings. The van der Waals surface area contributed by atoms with Gasteiger partial charge in [0.25, 0.3) is 5.91 Å². The number of ketones is 1. The van der Waals surface area contributed by atoms with E-state index >= 15 is 0 Å². The van der Waals surface area contributed by atoms with E-state index in [0.717, 1.165) is 35.3 Å². The van der Waals surface area contributed by atoms with E-state index in [1.165, 1.54) is 0 Å². The third-order valence-corrected chi connectivity index (χ3v) is 7.09. The van der Waals surface area contributed by atoms with Gasteiger partial charge in [0, 0.05) is 43.3 Å². The first-order valence-corrected chi connectivity index (χ1v) is 12.8. The first-order valence-electron chi connectivity index (χ1n) is 12.5. The number of hydrogen-bond acceptors (Lipinski definition) is 5.